The lowest BCUT2D eigenvalue weighted by Gasteiger charge is -2.20. The van der Waals surface area contributed by atoms with Crippen LogP contribution in [0, 0.1) is 12.3 Å². The Morgan fingerprint density at radius 3 is 2.62 bits per heavy atom. The Hall–Kier alpha value is -1.44. The molecule has 0 spiro atoms. The summed E-state index contributed by atoms with van der Waals surface area (Å²) in [7, 11) is -3.78. The molecule has 1 aliphatic heterocycles. The van der Waals surface area contributed by atoms with Gasteiger partial charge in [0, 0.05) is 18.0 Å². The molecule has 0 saturated carbocycles. The molecule has 1 amide bonds. The number of amides is 1. The number of carbonyl (C=O) groups excluding carboxylic acids is 2. The van der Waals surface area contributed by atoms with Crippen LogP contribution in [0.25, 0.3) is 0 Å². The lowest BCUT2D eigenvalue weighted by atomic mass is 10.1. The van der Waals surface area contributed by atoms with Crippen LogP contribution in [0.2, 0.25) is 5.02 Å². The predicted molar refractivity (Wildman–Crippen MR) is 100 cm³/mol. The number of carbonyl (C=O) groups is 2. The smallest absolute Gasteiger partial charge is 0.243 e. The van der Waals surface area contributed by atoms with Crippen LogP contribution in [-0.2, 0) is 19.6 Å². The lowest BCUT2D eigenvalue weighted by molar-refractivity contribution is -0.126. The molecule has 0 unspecified atom stereocenters. The first kappa shape index (κ1) is 20.9. The van der Waals surface area contributed by atoms with Gasteiger partial charge in [-0.15, -0.1) is 0 Å². The molecule has 26 heavy (non-hydrogen) atoms. The molecule has 8 heteroatoms. The summed E-state index contributed by atoms with van der Waals surface area (Å²) < 4.78 is 26.6. The van der Waals surface area contributed by atoms with Gasteiger partial charge >= 0.3 is 0 Å². The predicted octanol–water partition coefficient (Wildman–Crippen LogP) is 2.43. The van der Waals surface area contributed by atoms with Crippen molar-refractivity contribution in [3.05, 3.63) is 35.7 Å². The molecule has 0 aromatic heterocycles. The van der Waals surface area contributed by atoms with Gasteiger partial charge in [0.25, 0.3) is 0 Å². The number of sulfonamides is 1. The molecule has 6 nitrogen and oxygen atoms in total. The van der Waals surface area contributed by atoms with Crippen molar-refractivity contribution < 1.29 is 18.0 Å². The van der Waals surface area contributed by atoms with Gasteiger partial charge in [-0.05, 0) is 49.4 Å². The van der Waals surface area contributed by atoms with Crippen LogP contribution in [-0.4, -0.2) is 43.5 Å². The molecular formula is C18H24ClN2O4S. The van der Waals surface area contributed by atoms with Crippen molar-refractivity contribution in [2.24, 2.45) is 5.92 Å². The van der Waals surface area contributed by atoms with Crippen molar-refractivity contribution in [1.82, 2.24) is 9.62 Å². The highest BCUT2D eigenvalue weighted by atomic mass is 35.5. The molecule has 1 atom stereocenters. The Labute approximate surface area is 160 Å². The fourth-order valence-corrected chi connectivity index (χ4v) is 4.25. The zero-order chi connectivity index (χ0) is 19.3. The summed E-state index contributed by atoms with van der Waals surface area (Å²) in [4.78, 5) is 24.5. The fourth-order valence-electron chi connectivity index (χ4n) is 2.68. The van der Waals surface area contributed by atoms with E-state index in [1.165, 1.54) is 35.0 Å². The second-order valence-corrected chi connectivity index (χ2v) is 9.17. The number of nitrogens with one attached hydrogen (secondary N) is 1. The summed E-state index contributed by atoms with van der Waals surface area (Å²) in [6.45, 7) is 3.99. The number of hydrogen-bond donors (Lipinski definition) is 1. The SMILES string of the molecule is CC(C)C[CH]C(=O)N[C@H]1CCCN(S(=O)(=O)c2ccc(Cl)cc2)CC1=O. The number of Topliss-reactive ketones (excluding diaryl/α,β-unsaturated/α-hetero) is 1. The van der Waals surface area contributed by atoms with Crippen LogP contribution in [0.3, 0.4) is 0 Å². The highest BCUT2D eigenvalue weighted by Gasteiger charge is 2.32. The van der Waals surface area contributed by atoms with Crippen LogP contribution in [0.15, 0.2) is 29.2 Å². The van der Waals surface area contributed by atoms with Crippen molar-refractivity contribution in [2.45, 2.75) is 44.0 Å². The van der Waals surface area contributed by atoms with Gasteiger partial charge in [-0.1, -0.05) is 25.4 Å². The molecule has 1 heterocycles. The zero-order valence-corrected chi connectivity index (χ0v) is 16.5. The van der Waals surface area contributed by atoms with Crippen molar-refractivity contribution >= 4 is 33.3 Å². The minimum atomic E-state index is -3.78. The molecule has 1 fully saturated rings. The first-order chi connectivity index (χ1) is 12.2. The third-order valence-corrected chi connectivity index (χ3v) is 6.28. The zero-order valence-electron chi connectivity index (χ0n) is 14.9. The number of rotatable bonds is 6. The number of halogens is 1. The first-order valence-electron chi connectivity index (χ1n) is 8.62. The Kier molecular flexibility index (Phi) is 7.20. The van der Waals surface area contributed by atoms with E-state index in [0.717, 1.165) is 0 Å². The van der Waals surface area contributed by atoms with Gasteiger partial charge in [-0.3, -0.25) is 9.59 Å². The highest BCUT2D eigenvalue weighted by molar-refractivity contribution is 7.89. The van der Waals surface area contributed by atoms with Crippen LogP contribution in [0.1, 0.15) is 33.1 Å². The minimum absolute atomic E-state index is 0.0995. The van der Waals surface area contributed by atoms with E-state index >= 15 is 0 Å². The maximum Gasteiger partial charge on any atom is 0.243 e. The van der Waals surface area contributed by atoms with E-state index < -0.39 is 16.1 Å². The molecule has 1 aromatic rings. The number of benzene rings is 1. The molecular weight excluding hydrogens is 376 g/mol. The summed E-state index contributed by atoms with van der Waals surface area (Å²) in [5, 5.41) is 3.14. The molecule has 143 valence electrons. The fraction of sp³-hybridized carbons (Fsp3) is 0.500. The third kappa shape index (κ3) is 5.53. The van der Waals surface area contributed by atoms with Gasteiger partial charge in [0.05, 0.1) is 17.5 Å². The van der Waals surface area contributed by atoms with Crippen LogP contribution in [0.5, 0.6) is 0 Å². The summed E-state index contributed by atoms with van der Waals surface area (Å²) in [6, 6.07) is 5.19. The molecule has 0 aliphatic carbocycles. The summed E-state index contributed by atoms with van der Waals surface area (Å²) in [6.07, 6.45) is 3.08. The highest BCUT2D eigenvalue weighted by Crippen LogP contribution is 2.21. The second-order valence-electron chi connectivity index (χ2n) is 6.80. The van der Waals surface area contributed by atoms with Gasteiger partial charge in [0.1, 0.15) is 0 Å². The van der Waals surface area contributed by atoms with Crippen molar-refractivity contribution in [3.8, 4) is 0 Å². The standard InChI is InChI=1S/C18H24ClN2O4S/c1-13(2)5-10-18(23)20-16-4-3-11-21(12-17(16)22)26(24,25)15-8-6-14(19)7-9-15/h6-10,13,16H,3-5,11-12H2,1-2H3,(H,20,23)/t16-/m0/s1. The Bertz CT molecular complexity index is 747. The third-order valence-electron chi connectivity index (χ3n) is 4.16. The topological polar surface area (TPSA) is 83.6 Å². The van der Waals surface area contributed by atoms with Crippen LogP contribution < -0.4 is 5.32 Å². The van der Waals surface area contributed by atoms with E-state index in [0.29, 0.717) is 30.2 Å². The number of ketones is 1. The van der Waals surface area contributed by atoms with Gasteiger partial charge < -0.3 is 5.32 Å². The van der Waals surface area contributed by atoms with E-state index in [9.17, 15) is 18.0 Å². The van der Waals surface area contributed by atoms with E-state index in [-0.39, 0.29) is 29.7 Å². The van der Waals surface area contributed by atoms with Crippen molar-refractivity contribution in [3.63, 3.8) is 0 Å². The van der Waals surface area contributed by atoms with Crippen molar-refractivity contribution in [1.29, 1.82) is 0 Å². The maximum absolute atomic E-state index is 12.7. The second kappa shape index (κ2) is 8.97. The Morgan fingerprint density at radius 1 is 1.35 bits per heavy atom. The Morgan fingerprint density at radius 2 is 2.00 bits per heavy atom. The van der Waals surface area contributed by atoms with E-state index in [1.807, 2.05) is 13.8 Å². The summed E-state index contributed by atoms with van der Waals surface area (Å²) in [5.41, 5.74) is 0. The quantitative estimate of drug-likeness (QED) is 0.796. The van der Waals surface area contributed by atoms with Crippen LogP contribution >= 0.6 is 11.6 Å². The van der Waals surface area contributed by atoms with Gasteiger partial charge in [-0.25, -0.2) is 8.42 Å². The van der Waals surface area contributed by atoms with Gasteiger partial charge in [0.15, 0.2) is 5.78 Å². The first-order valence-corrected chi connectivity index (χ1v) is 10.4. The number of nitrogens with zero attached hydrogens (tertiary/aromatic N) is 1. The van der Waals surface area contributed by atoms with Crippen LogP contribution in [0.4, 0.5) is 0 Å². The molecule has 1 aliphatic rings. The average molecular weight is 400 g/mol. The van der Waals surface area contributed by atoms with Gasteiger partial charge in [-0.2, -0.15) is 4.31 Å². The largest absolute Gasteiger partial charge is 0.346 e. The molecule has 1 radical (unpaired) electrons. The van der Waals surface area contributed by atoms with Crippen molar-refractivity contribution in [2.75, 3.05) is 13.1 Å². The Balaban J connectivity index is 2.04. The molecule has 1 aromatic carbocycles. The molecule has 2 rings (SSSR count). The number of hydrogen-bond acceptors (Lipinski definition) is 4. The van der Waals surface area contributed by atoms with Gasteiger partial charge in [0.2, 0.25) is 15.9 Å². The van der Waals surface area contributed by atoms with E-state index in [4.69, 9.17) is 11.6 Å². The summed E-state index contributed by atoms with van der Waals surface area (Å²) >= 11 is 5.80. The summed E-state index contributed by atoms with van der Waals surface area (Å²) in [5.74, 6) is -0.233. The van der Waals surface area contributed by atoms with E-state index in [1.54, 1.807) is 0 Å². The molecule has 1 saturated heterocycles. The normalized spacial score (nSPS) is 19.4. The monoisotopic (exact) mass is 399 g/mol. The molecule has 1 N–H and O–H groups in total. The average Bonchev–Trinajstić information content (AvgIpc) is 2.76. The van der Waals surface area contributed by atoms with E-state index in [2.05, 4.69) is 5.32 Å². The lowest BCUT2D eigenvalue weighted by Crippen LogP contribution is -2.44. The maximum atomic E-state index is 12.7. The minimum Gasteiger partial charge on any atom is -0.346 e. The molecule has 0 bridgehead atoms.